The van der Waals surface area contributed by atoms with Gasteiger partial charge in [0.1, 0.15) is 8.07 Å². The van der Waals surface area contributed by atoms with E-state index in [0.717, 1.165) is 33.7 Å². The molecule has 4 N–H and O–H groups in total. The lowest BCUT2D eigenvalue weighted by molar-refractivity contribution is 0.966. The smallest absolute Gasteiger partial charge is 0.229 e. The van der Waals surface area contributed by atoms with Crippen LogP contribution in [-0.4, -0.2) is 38.4 Å². The number of rotatable bonds is 5. The molecule has 0 radical (unpaired) electrons. The van der Waals surface area contributed by atoms with Gasteiger partial charge in [0.15, 0.2) is 11.6 Å². The van der Waals surface area contributed by atoms with E-state index in [9.17, 15) is 0 Å². The second kappa shape index (κ2) is 7.56. The largest absolute Gasteiger partial charge is 0.324 e. The maximum atomic E-state index is 4.70. The molecule has 0 aliphatic heterocycles. The summed E-state index contributed by atoms with van der Waals surface area (Å²) < 4.78 is 0. The normalized spacial score (nSPS) is 13.6. The van der Waals surface area contributed by atoms with Crippen molar-refractivity contribution in [3.8, 4) is 11.5 Å². The van der Waals surface area contributed by atoms with Crippen LogP contribution in [-0.2, 0) is 0 Å². The summed E-state index contributed by atoms with van der Waals surface area (Å²) in [6.07, 6.45) is 5.99. The molecule has 0 saturated heterocycles. The van der Waals surface area contributed by atoms with Crippen LogP contribution in [0.5, 0.6) is 0 Å². The van der Waals surface area contributed by atoms with Crippen molar-refractivity contribution in [2.24, 2.45) is 0 Å². The van der Waals surface area contributed by atoms with Crippen LogP contribution in [0.1, 0.15) is 30.0 Å². The molecule has 0 atom stereocenters. The Morgan fingerprint density at radius 3 is 2.74 bits per heavy atom. The van der Waals surface area contributed by atoms with Crippen LogP contribution in [0.2, 0.25) is 19.6 Å². The highest BCUT2D eigenvalue weighted by molar-refractivity contribution is 6.83. The minimum atomic E-state index is -1.54. The SMILES string of the molecule is C[Si](C)(C)C#Cc1cnc(Nc2ccc3[nH]ncc3c2)nc1Nc1cc(C2CC2)[nH]n1. The fraction of sp³-hybridized carbons (Fsp3) is 0.273. The van der Waals surface area contributed by atoms with E-state index in [-0.39, 0.29) is 0 Å². The predicted molar refractivity (Wildman–Crippen MR) is 125 cm³/mol. The fourth-order valence-electron chi connectivity index (χ4n) is 3.16. The number of aromatic amines is 2. The van der Waals surface area contributed by atoms with Gasteiger partial charge in [-0.2, -0.15) is 15.2 Å². The second-order valence-corrected chi connectivity index (χ2v) is 13.6. The molecule has 4 aromatic rings. The number of fused-ring (bicyclic) bond motifs is 1. The van der Waals surface area contributed by atoms with Crippen LogP contribution >= 0.6 is 0 Å². The molecule has 1 fully saturated rings. The Morgan fingerprint density at radius 1 is 1.06 bits per heavy atom. The zero-order valence-electron chi connectivity index (χ0n) is 17.7. The van der Waals surface area contributed by atoms with Crippen LogP contribution in [0.25, 0.3) is 10.9 Å². The molecular formula is C22H24N8Si. The van der Waals surface area contributed by atoms with E-state index in [1.54, 1.807) is 12.4 Å². The number of H-pyrrole nitrogens is 2. The average Bonchev–Trinajstić information content (AvgIpc) is 3.29. The predicted octanol–water partition coefficient (Wildman–Crippen LogP) is 4.67. The molecule has 1 saturated carbocycles. The summed E-state index contributed by atoms with van der Waals surface area (Å²) in [6, 6.07) is 7.99. The van der Waals surface area contributed by atoms with Gasteiger partial charge in [-0.1, -0.05) is 25.6 Å². The Hall–Kier alpha value is -3.64. The number of hydrogen-bond acceptors (Lipinski definition) is 6. The van der Waals surface area contributed by atoms with Crippen molar-refractivity contribution in [3.05, 3.63) is 47.9 Å². The lowest BCUT2D eigenvalue weighted by atomic mass is 10.2. The number of nitrogens with zero attached hydrogens (tertiary/aromatic N) is 4. The van der Waals surface area contributed by atoms with Crippen molar-refractivity contribution in [1.29, 1.82) is 0 Å². The second-order valence-electron chi connectivity index (χ2n) is 8.86. The van der Waals surface area contributed by atoms with Gasteiger partial charge in [0.05, 0.1) is 23.5 Å². The van der Waals surface area contributed by atoms with Crippen LogP contribution in [0.4, 0.5) is 23.3 Å². The molecule has 156 valence electrons. The number of anilines is 4. The summed E-state index contributed by atoms with van der Waals surface area (Å²) >= 11 is 0. The van der Waals surface area contributed by atoms with E-state index in [0.29, 0.717) is 17.7 Å². The molecule has 0 bridgehead atoms. The van der Waals surface area contributed by atoms with Crippen LogP contribution in [0.15, 0.2) is 36.7 Å². The van der Waals surface area contributed by atoms with Crippen molar-refractivity contribution in [1.82, 2.24) is 30.4 Å². The summed E-state index contributed by atoms with van der Waals surface area (Å²) in [5.74, 6) is 5.75. The minimum Gasteiger partial charge on any atom is -0.324 e. The Kier molecular flexibility index (Phi) is 4.71. The third-order valence-corrected chi connectivity index (χ3v) is 5.79. The third kappa shape index (κ3) is 4.59. The standard InChI is InChI=1S/C22H24N8Si/c1-31(2,3)9-8-15-12-23-22(25-17-6-7-18-16(10-17)13-24-28-18)27-21(15)26-20-11-19(29-30-20)14-4-5-14/h6-7,10-14H,4-5H2,1-3H3,(H,24,28)(H3,23,25,26,27,29,30). The summed E-state index contributed by atoms with van der Waals surface area (Å²) in [7, 11) is -1.54. The summed E-state index contributed by atoms with van der Waals surface area (Å²) in [5.41, 5.74) is 7.19. The zero-order chi connectivity index (χ0) is 21.4. The molecule has 9 heteroatoms. The first-order chi connectivity index (χ1) is 14.9. The maximum absolute atomic E-state index is 4.70. The third-order valence-electron chi connectivity index (χ3n) is 4.92. The molecule has 5 rings (SSSR count). The minimum absolute atomic E-state index is 0.488. The van der Waals surface area contributed by atoms with E-state index in [2.05, 4.69) is 73.2 Å². The zero-order valence-corrected chi connectivity index (χ0v) is 18.7. The van der Waals surface area contributed by atoms with Gasteiger partial charge in [0, 0.05) is 28.8 Å². The van der Waals surface area contributed by atoms with Gasteiger partial charge < -0.3 is 10.6 Å². The average molecular weight is 429 g/mol. The van der Waals surface area contributed by atoms with Gasteiger partial charge in [-0.3, -0.25) is 10.2 Å². The molecule has 3 aromatic heterocycles. The van der Waals surface area contributed by atoms with Crippen LogP contribution < -0.4 is 10.6 Å². The Labute approximate surface area is 181 Å². The molecule has 3 heterocycles. The molecule has 8 nitrogen and oxygen atoms in total. The van der Waals surface area contributed by atoms with Gasteiger partial charge in [-0.25, -0.2) is 4.98 Å². The Morgan fingerprint density at radius 2 is 1.94 bits per heavy atom. The lowest BCUT2D eigenvalue weighted by Crippen LogP contribution is -2.16. The molecule has 0 spiro atoms. The highest BCUT2D eigenvalue weighted by Gasteiger charge is 2.25. The first-order valence-corrected chi connectivity index (χ1v) is 13.9. The quantitative estimate of drug-likeness (QED) is 0.272. The fourth-order valence-corrected chi connectivity index (χ4v) is 3.67. The van der Waals surface area contributed by atoms with Gasteiger partial charge >= 0.3 is 0 Å². The number of aromatic nitrogens is 6. The van der Waals surface area contributed by atoms with E-state index in [4.69, 9.17) is 4.98 Å². The first-order valence-electron chi connectivity index (χ1n) is 10.4. The monoisotopic (exact) mass is 428 g/mol. The van der Waals surface area contributed by atoms with Crippen molar-refractivity contribution >= 4 is 42.2 Å². The van der Waals surface area contributed by atoms with Gasteiger partial charge in [0.25, 0.3) is 0 Å². The number of nitrogens with one attached hydrogen (secondary N) is 4. The highest BCUT2D eigenvalue weighted by atomic mass is 28.3. The summed E-state index contributed by atoms with van der Waals surface area (Å²) in [5, 5.41) is 22.2. The summed E-state index contributed by atoms with van der Waals surface area (Å²) in [4.78, 5) is 9.19. The Balaban J connectivity index is 1.45. The Bertz CT molecular complexity index is 1300. The van der Waals surface area contributed by atoms with Crippen molar-refractivity contribution < 1.29 is 0 Å². The van der Waals surface area contributed by atoms with Crippen LogP contribution in [0, 0.1) is 11.5 Å². The molecule has 31 heavy (non-hydrogen) atoms. The van der Waals surface area contributed by atoms with E-state index in [1.807, 2.05) is 18.2 Å². The number of benzene rings is 1. The van der Waals surface area contributed by atoms with Gasteiger partial charge in [-0.15, -0.1) is 5.54 Å². The van der Waals surface area contributed by atoms with E-state index < -0.39 is 8.07 Å². The highest BCUT2D eigenvalue weighted by Crippen LogP contribution is 2.39. The maximum Gasteiger partial charge on any atom is 0.229 e. The van der Waals surface area contributed by atoms with Crippen LogP contribution in [0.3, 0.4) is 0 Å². The molecule has 0 amide bonds. The molecular weight excluding hydrogens is 404 g/mol. The van der Waals surface area contributed by atoms with Crippen molar-refractivity contribution in [2.75, 3.05) is 10.6 Å². The first kappa shape index (κ1) is 19.3. The van der Waals surface area contributed by atoms with Gasteiger partial charge in [-0.05, 0) is 31.0 Å². The van der Waals surface area contributed by atoms with Gasteiger partial charge in [0.2, 0.25) is 5.95 Å². The molecule has 1 aromatic carbocycles. The van der Waals surface area contributed by atoms with E-state index >= 15 is 0 Å². The molecule has 1 aliphatic rings. The number of hydrogen-bond donors (Lipinski definition) is 4. The van der Waals surface area contributed by atoms with E-state index in [1.165, 1.54) is 12.8 Å². The summed E-state index contributed by atoms with van der Waals surface area (Å²) in [6.45, 7) is 6.64. The lowest BCUT2D eigenvalue weighted by Gasteiger charge is -2.10. The molecule has 0 unspecified atom stereocenters. The van der Waals surface area contributed by atoms with Crippen molar-refractivity contribution in [2.45, 2.75) is 38.4 Å². The topological polar surface area (TPSA) is 107 Å². The molecule has 1 aliphatic carbocycles. The van der Waals surface area contributed by atoms with Crippen molar-refractivity contribution in [3.63, 3.8) is 0 Å².